The molecule has 1 aromatic heterocycles. The van der Waals surface area contributed by atoms with Gasteiger partial charge in [-0.05, 0) is 0 Å². The average molecular weight is 334 g/mol. The van der Waals surface area contributed by atoms with Crippen molar-refractivity contribution >= 4 is 25.9 Å². The molecular weight excluding hydrogens is 318 g/mol. The Morgan fingerprint density at radius 2 is 1.95 bits per heavy atom. The monoisotopic (exact) mass is 335 g/mol. The zero-order chi connectivity index (χ0) is 13.9. The van der Waals surface area contributed by atoms with Crippen LogP contribution in [0.3, 0.4) is 0 Å². The number of nitrogens with zero attached hydrogens (tertiary/aromatic N) is 1. The number of hydrogen-bond donors (Lipinski definition) is 0. The Kier molecular flexibility index (Phi) is 4.58. The minimum atomic E-state index is -3.98. The molecule has 0 saturated heterocycles. The van der Waals surface area contributed by atoms with Gasteiger partial charge in [0.1, 0.15) is 0 Å². The van der Waals surface area contributed by atoms with Gasteiger partial charge in [-0.2, -0.15) is 0 Å². The second-order valence-corrected chi connectivity index (χ2v) is 7.74. The van der Waals surface area contributed by atoms with Crippen molar-refractivity contribution in [2.24, 2.45) is 0 Å². The van der Waals surface area contributed by atoms with Crippen LogP contribution in [0, 0.1) is 0 Å². The fourth-order valence-corrected chi connectivity index (χ4v) is 3.73. The molecule has 104 valence electrons. The van der Waals surface area contributed by atoms with Crippen molar-refractivity contribution in [3.05, 3.63) is 36.5 Å². The van der Waals surface area contributed by atoms with E-state index < -0.39 is 20.0 Å². The Labute approximate surface area is 116 Å². The molecule has 2 aromatic rings. The van der Waals surface area contributed by atoms with Gasteiger partial charge in [0.2, 0.25) is 0 Å². The Balaban J connectivity index is 1.86. The van der Waals surface area contributed by atoms with Crippen molar-refractivity contribution < 1.29 is 13.2 Å². The molecule has 19 heavy (non-hydrogen) atoms. The van der Waals surface area contributed by atoms with E-state index in [2.05, 4.69) is 4.57 Å². The van der Waals surface area contributed by atoms with Gasteiger partial charge in [0.15, 0.2) is 0 Å². The Morgan fingerprint density at radius 1 is 1.21 bits per heavy atom. The van der Waals surface area contributed by atoms with Gasteiger partial charge in [-0.3, -0.25) is 0 Å². The molecule has 0 N–H and O–H groups in total. The van der Waals surface area contributed by atoms with Crippen LogP contribution in [-0.4, -0.2) is 24.6 Å². The first-order valence-corrected chi connectivity index (χ1v) is 8.09. The molecule has 1 nitrogen and oxygen atoms in total. The molecule has 1 heterocycles. The van der Waals surface area contributed by atoms with Crippen molar-refractivity contribution in [1.29, 1.82) is 0 Å². The molecule has 0 aliphatic carbocycles. The number of fused-ring (bicyclic) bond motifs is 1. The van der Waals surface area contributed by atoms with Crippen LogP contribution in [0.15, 0.2) is 36.5 Å². The summed E-state index contributed by atoms with van der Waals surface area (Å²) in [6.45, 7) is 2.48. The summed E-state index contributed by atoms with van der Waals surface area (Å²) in [6, 6.07) is 10.1. The number of para-hydroxylation sites is 1. The summed E-state index contributed by atoms with van der Waals surface area (Å²) in [7, 11) is 0. The molecule has 0 spiro atoms. The Bertz CT molecular complexity index is 533. The Morgan fingerprint density at radius 3 is 2.68 bits per heavy atom. The van der Waals surface area contributed by atoms with Gasteiger partial charge in [0.05, 0.1) is 0 Å². The molecule has 0 bridgehead atoms. The summed E-state index contributed by atoms with van der Waals surface area (Å²) in [5, 5.41) is -2.80. The van der Waals surface area contributed by atoms with E-state index in [-0.39, 0.29) is 4.82 Å². The third kappa shape index (κ3) is 4.29. The summed E-state index contributed by atoms with van der Waals surface area (Å²) in [5.74, 6) is 0. The molecule has 0 radical (unpaired) electrons. The first-order chi connectivity index (χ1) is 8.96. The van der Waals surface area contributed by atoms with Gasteiger partial charge in [-0.25, -0.2) is 0 Å². The van der Waals surface area contributed by atoms with Crippen LogP contribution >= 0.6 is 0 Å². The van der Waals surface area contributed by atoms with Crippen LogP contribution in [0.2, 0.25) is 4.82 Å². The first kappa shape index (κ1) is 14.5. The van der Waals surface area contributed by atoms with Gasteiger partial charge in [0, 0.05) is 0 Å². The summed E-state index contributed by atoms with van der Waals surface area (Å²) < 4.78 is 38.8. The first-order valence-electron chi connectivity index (χ1n) is 6.24. The second kappa shape index (κ2) is 6.02. The zero-order valence-electron chi connectivity index (χ0n) is 10.7. The molecule has 5 heteroatoms. The van der Waals surface area contributed by atoms with Gasteiger partial charge in [-0.1, -0.05) is 0 Å². The maximum atomic E-state index is 12.2. The van der Waals surface area contributed by atoms with Crippen LogP contribution in [0.5, 0.6) is 0 Å². The molecule has 1 atom stereocenters. The topological polar surface area (TPSA) is 4.93 Å². The predicted octanol–water partition coefficient (Wildman–Crippen LogP) is 4.45. The normalized spacial score (nSPS) is 13.9. The number of halogens is 3. The zero-order valence-corrected chi connectivity index (χ0v) is 12.4. The van der Waals surface area contributed by atoms with Gasteiger partial charge in [-0.15, -0.1) is 0 Å². The standard InChI is InChI=1S/C14H16F3NSe/c1-11(19-14(15,16)17)5-4-9-18-10-8-12-6-2-3-7-13(12)18/h2-3,6-8,10-11H,4-5,9H2,1H3. The van der Waals surface area contributed by atoms with Crippen molar-refractivity contribution in [1.82, 2.24) is 4.57 Å². The number of alkyl halides is 3. The van der Waals surface area contributed by atoms with E-state index in [1.165, 1.54) is 5.39 Å². The number of aryl methyl sites for hydroxylation is 1. The van der Waals surface area contributed by atoms with Crippen molar-refractivity contribution in [3.8, 4) is 0 Å². The van der Waals surface area contributed by atoms with Crippen LogP contribution in [-0.2, 0) is 6.54 Å². The molecule has 0 saturated carbocycles. The van der Waals surface area contributed by atoms with E-state index in [9.17, 15) is 13.2 Å². The van der Waals surface area contributed by atoms with Crippen molar-refractivity contribution in [3.63, 3.8) is 0 Å². The second-order valence-electron chi connectivity index (χ2n) is 4.58. The number of aromatic nitrogens is 1. The molecular formula is C14H16F3NSe. The average Bonchev–Trinajstić information content (AvgIpc) is 2.70. The van der Waals surface area contributed by atoms with Gasteiger partial charge < -0.3 is 0 Å². The van der Waals surface area contributed by atoms with E-state index in [1.54, 1.807) is 6.92 Å². The number of hydrogen-bond acceptors (Lipinski definition) is 0. The van der Waals surface area contributed by atoms with Gasteiger partial charge >= 0.3 is 116 Å². The SMILES string of the molecule is CC(CCCn1ccc2ccccc21)[Se]C(F)(F)F. The van der Waals surface area contributed by atoms with E-state index in [1.807, 2.05) is 36.5 Å². The van der Waals surface area contributed by atoms with Crippen LogP contribution in [0.4, 0.5) is 13.2 Å². The van der Waals surface area contributed by atoms with Crippen molar-refractivity contribution in [2.45, 2.75) is 36.2 Å². The van der Waals surface area contributed by atoms with Crippen LogP contribution < -0.4 is 0 Å². The fraction of sp³-hybridized carbons (Fsp3) is 0.429. The predicted molar refractivity (Wildman–Crippen MR) is 72.4 cm³/mol. The molecule has 1 aromatic carbocycles. The molecule has 0 aliphatic rings. The summed E-state index contributed by atoms with van der Waals surface area (Å²) >= 11 is -1.26. The minimum absolute atomic E-state index is 0.241. The van der Waals surface area contributed by atoms with Crippen LogP contribution in [0.25, 0.3) is 10.9 Å². The van der Waals surface area contributed by atoms with E-state index in [0.29, 0.717) is 6.42 Å². The quantitative estimate of drug-likeness (QED) is 0.712. The number of benzene rings is 1. The molecule has 0 aliphatic heterocycles. The van der Waals surface area contributed by atoms with E-state index >= 15 is 0 Å². The van der Waals surface area contributed by atoms with E-state index in [4.69, 9.17) is 0 Å². The number of rotatable bonds is 5. The third-order valence-electron chi connectivity index (χ3n) is 3.02. The van der Waals surface area contributed by atoms with Gasteiger partial charge in [0.25, 0.3) is 0 Å². The molecule has 2 rings (SSSR count). The molecule has 0 fully saturated rings. The molecule has 1 unspecified atom stereocenters. The molecule has 0 amide bonds. The fourth-order valence-electron chi connectivity index (χ4n) is 2.17. The summed E-state index contributed by atoms with van der Waals surface area (Å²) in [5.41, 5.74) is 1.15. The third-order valence-corrected chi connectivity index (χ3v) is 4.92. The maximum absolute atomic E-state index is 12.2. The van der Waals surface area contributed by atoms with E-state index in [0.717, 1.165) is 18.5 Å². The van der Waals surface area contributed by atoms with Crippen molar-refractivity contribution in [2.75, 3.05) is 0 Å². The van der Waals surface area contributed by atoms with Crippen LogP contribution in [0.1, 0.15) is 19.8 Å². The summed E-state index contributed by atoms with van der Waals surface area (Å²) in [6.07, 6.45) is 3.42. The summed E-state index contributed by atoms with van der Waals surface area (Å²) in [4.78, 5) is -0.241. The Hall–Kier alpha value is -0.931.